The van der Waals surface area contributed by atoms with Crippen LogP contribution in [0.4, 0.5) is 15.0 Å². The van der Waals surface area contributed by atoms with Crippen LogP contribution in [0.2, 0.25) is 0 Å². The first-order valence-corrected chi connectivity index (χ1v) is 9.63. The quantitative estimate of drug-likeness (QED) is 0.798. The minimum absolute atomic E-state index is 0.0227. The summed E-state index contributed by atoms with van der Waals surface area (Å²) in [6.07, 6.45) is 2.23. The third-order valence-corrected chi connectivity index (χ3v) is 4.89. The van der Waals surface area contributed by atoms with E-state index in [4.69, 9.17) is 0 Å². The van der Waals surface area contributed by atoms with E-state index in [1.807, 2.05) is 42.2 Å². The molecule has 1 fully saturated rings. The van der Waals surface area contributed by atoms with Crippen molar-refractivity contribution in [3.8, 4) is 0 Å². The van der Waals surface area contributed by atoms with E-state index in [9.17, 15) is 14.0 Å². The normalized spacial score (nSPS) is 14.6. The van der Waals surface area contributed by atoms with Gasteiger partial charge in [0.15, 0.2) is 0 Å². The zero-order chi connectivity index (χ0) is 19.9. The van der Waals surface area contributed by atoms with Gasteiger partial charge in [0.05, 0.1) is 0 Å². The maximum Gasteiger partial charge on any atom is 0.323 e. The van der Waals surface area contributed by atoms with Crippen LogP contribution in [0.15, 0.2) is 48.5 Å². The number of nitrogens with one attached hydrogen (secondary N) is 1. The highest BCUT2D eigenvalue weighted by Gasteiger charge is 2.29. The number of anilines is 1. The van der Waals surface area contributed by atoms with Gasteiger partial charge in [-0.2, -0.15) is 4.39 Å². The van der Waals surface area contributed by atoms with Crippen LogP contribution in [-0.2, 0) is 0 Å². The number of urea groups is 1. The van der Waals surface area contributed by atoms with Crippen LogP contribution < -0.4 is 5.32 Å². The fourth-order valence-corrected chi connectivity index (χ4v) is 3.49. The zero-order valence-corrected chi connectivity index (χ0v) is 16.0. The Kier molecular flexibility index (Phi) is 6.57. The number of nitrogens with zero attached hydrogens (tertiary/aromatic N) is 3. The van der Waals surface area contributed by atoms with Gasteiger partial charge in [0.1, 0.15) is 5.82 Å². The van der Waals surface area contributed by atoms with Gasteiger partial charge in [-0.05, 0) is 43.5 Å². The van der Waals surface area contributed by atoms with Gasteiger partial charge in [0.2, 0.25) is 5.95 Å². The van der Waals surface area contributed by atoms with Gasteiger partial charge in [-0.15, -0.1) is 0 Å². The summed E-state index contributed by atoms with van der Waals surface area (Å²) in [6.45, 7) is 3.81. The Morgan fingerprint density at radius 1 is 1.14 bits per heavy atom. The average molecular weight is 384 g/mol. The van der Waals surface area contributed by atoms with Gasteiger partial charge in [0, 0.05) is 31.2 Å². The highest BCUT2D eigenvalue weighted by Crippen LogP contribution is 2.20. The summed E-state index contributed by atoms with van der Waals surface area (Å²) < 4.78 is 13.3. The minimum atomic E-state index is -0.632. The van der Waals surface area contributed by atoms with Crippen molar-refractivity contribution in [3.63, 3.8) is 0 Å². The number of benzene rings is 1. The Morgan fingerprint density at radius 2 is 1.86 bits per heavy atom. The highest BCUT2D eigenvalue weighted by molar-refractivity contribution is 5.94. The van der Waals surface area contributed by atoms with Crippen molar-refractivity contribution in [2.75, 3.05) is 25.0 Å². The molecule has 0 radical (unpaired) electrons. The first-order valence-electron chi connectivity index (χ1n) is 9.63. The third kappa shape index (κ3) is 4.85. The molecule has 3 rings (SSSR count). The summed E-state index contributed by atoms with van der Waals surface area (Å²) in [5.41, 5.74) is 0.682. The molecule has 0 saturated carbocycles. The van der Waals surface area contributed by atoms with Crippen LogP contribution in [0.25, 0.3) is 0 Å². The average Bonchev–Trinajstić information content (AvgIpc) is 2.72. The summed E-state index contributed by atoms with van der Waals surface area (Å²) in [5.74, 6) is -0.412. The van der Waals surface area contributed by atoms with Crippen LogP contribution in [0, 0.1) is 5.95 Å². The second kappa shape index (κ2) is 9.30. The number of aromatic nitrogens is 1. The van der Waals surface area contributed by atoms with Crippen molar-refractivity contribution in [2.45, 2.75) is 32.2 Å². The number of rotatable bonds is 5. The van der Waals surface area contributed by atoms with E-state index in [0.29, 0.717) is 38.0 Å². The van der Waals surface area contributed by atoms with E-state index in [-0.39, 0.29) is 23.8 Å². The van der Waals surface area contributed by atoms with Gasteiger partial charge >= 0.3 is 6.03 Å². The third-order valence-electron chi connectivity index (χ3n) is 4.89. The number of pyridine rings is 1. The fourth-order valence-electron chi connectivity index (χ4n) is 3.49. The predicted molar refractivity (Wildman–Crippen MR) is 106 cm³/mol. The van der Waals surface area contributed by atoms with Crippen molar-refractivity contribution in [1.82, 2.24) is 14.8 Å². The number of likely N-dealkylation sites (tertiary alicyclic amines) is 1. The number of hydrogen-bond acceptors (Lipinski definition) is 3. The molecule has 0 aliphatic carbocycles. The molecule has 0 spiro atoms. The zero-order valence-electron chi connectivity index (χ0n) is 16.0. The van der Waals surface area contributed by atoms with Gasteiger partial charge < -0.3 is 9.80 Å². The van der Waals surface area contributed by atoms with Crippen molar-refractivity contribution in [2.24, 2.45) is 0 Å². The molecular weight excluding hydrogens is 359 g/mol. The monoisotopic (exact) mass is 384 g/mol. The number of carbonyl (C=O) groups excluding carboxylic acids is 2. The largest absolute Gasteiger partial charge is 0.338 e. The van der Waals surface area contributed by atoms with Gasteiger partial charge in [-0.25, -0.2) is 9.78 Å². The van der Waals surface area contributed by atoms with Crippen LogP contribution in [0.3, 0.4) is 0 Å². The molecule has 0 unspecified atom stereocenters. The first kappa shape index (κ1) is 19.8. The molecular formula is C21H25FN4O2. The molecule has 0 bridgehead atoms. The molecule has 3 amide bonds. The van der Waals surface area contributed by atoms with Crippen LogP contribution in [-0.4, -0.2) is 52.4 Å². The summed E-state index contributed by atoms with van der Waals surface area (Å²) in [5, 5.41) is 2.68. The molecule has 148 valence electrons. The molecule has 1 aromatic carbocycles. The molecule has 6 nitrogen and oxygen atoms in total. The maximum absolute atomic E-state index is 13.3. The van der Waals surface area contributed by atoms with Crippen LogP contribution >= 0.6 is 0 Å². The van der Waals surface area contributed by atoms with E-state index in [0.717, 1.165) is 6.42 Å². The van der Waals surface area contributed by atoms with Gasteiger partial charge in [0.25, 0.3) is 5.91 Å². The van der Waals surface area contributed by atoms with E-state index >= 15 is 0 Å². The number of piperidine rings is 1. The summed E-state index contributed by atoms with van der Waals surface area (Å²) >= 11 is 0. The topological polar surface area (TPSA) is 65.5 Å². The molecule has 1 aromatic heterocycles. The highest BCUT2D eigenvalue weighted by atomic mass is 19.1. The Labute approximate surface area is 164 Å². The smallest absolute Gasteiger partial charge is 0.323 e. The van der Waals surface area contributed by atoms with Crippen LogP contribution in [0.5, 0.6) is 0 Å². The fraction of sp³-hybridized carbons (Fsp3) is 0.381. The number of halogens is 1. The van der Waals surface area contributed by atoms with E-state index < -0.39 is 5.95 Å². The second-order valence-corrected chi connectivity index (χ2v) is 6.86. The lowest BCUT2D eigenvalue weighted by atomic mass is 10.0. The lowest BCUT2D eigenvalue weighted by Crippen LogP contribution is -2.50. The van der Waals surface area contributed by atoms with Crippen molar-refractivity contribution >= 4 is 17.8 Å². The van der Waals surface area contributed by atoms with Crippen molar-refractivity contribution < 1.29 is 14.0 Å². The lowest BCUT2D eigenvalue weighted by molar-refractivity contribution is 0.0657. The molecule has 2 heterocycles. The van der Waals surface area contributed by atoms with Gasteiger partial charge in [-0.3, -0.25) is 10.1 Å². The summed E-state index contributed by atoms with van der Waals surface area (Å²) in [4.78, 5) is 32.6. The molecule has 1 aliphatic heterocycles. The standard InChI is InChI=1S/C21H25FN4O2/c1-2-13-26(21(28)24-19-10-6-9-18(22)23-19)17-11-14-25(15-12-17)20(27)16-7-4-3-5-8-16/h3-10,17H,2,11-15H2,1H3,(H,23,24,28). The molecule has 2 aromatic rings. The minimum Gasteiger partial charge on any atom is -0.338 e. The Morgan fingerprint density at radius 3 is 2.50 bits per heavy atom. The molecule has 7 heteroatoms. The number of carbonyl (C=O) groups is 2. The molecule has 0 atom stereocenters. The second-order valence-electron chi connectivity index (χ2n) is 6.86. The first-order chi connectivity index (χ1) is 13.6. The van der Waals surface area contributed by atoms with Crippen molar-refractivity contribution in [3.05, 3.63) is 60.0 Å². The summed E-state index contributed by atoms with van der Waals surface area (Å²) in [6, 6.07) is 13.3. The Bertz CT molecular complexity index is 807. The van der Waals surface area contributed by atoms with E-state index in [2.05, 4.69) is 10.3 Å². The van der Waals surface area contributed by atoms with E-state index in [1.54, 1.807) is 11.0 Å². The maximum atomic E-state index is 13.3. The molecule has 1 saturated heterocycles. The number of hydrogen-bond donors (Lipinski definition) is 1. The van der Waals surface area contributed by atoms with Crippen molar-refractivity contribution in [1.29, 1.82) is 0 Å². The SMILES string of the molecule is CCCN(C(=O)Nc1cccc(F)n1)C1CCN(C(=O)c2ccccc2)CC1. The number of amides is 3. The Balaban J connectivity index is 1.61. The molecule has 28 heavy (non-hydrogen) atoms. The molecule has 1 aliphatic rings. The van der Waals surface area contributed by atoms with E-state index in [1.165, 1.54) is 12.1 Å². The van der Waals surface area contributed by atoms with Crippen LogP contribution in [0.1, 0.15) is 36.5 Å². The summed E-state index contributed by atoms with van der Waals surface area (Å²) in [7, 11) is 0. The predicted octanol–water partition coefficient (Wildman–Crippen LogP) is 3.77. The van der Waals surface area contributed by atoms with Gasteiger partial charge in [-0.1, -0.05) is 31.2 Å². The molecule has 1 N–H and O–H groups in total. The Hall–Kier alpha value is -2.96. The lowest BCUT2D eigenvalue weighted by Gasteiger charge is -2.38.